The summed E-state index contributed by atoms with van der Waals surface area (Å²) in [5.74, 6) is 1.35. The van der Waals surface area contributed by atoms with Crippen LogP contribution in [0.1, 0.15) is 60.8 Å². The summed E-state index contributed by atoms with van der Waals surface area (Å²) in [5, 5.41) is 0. The van der Waals surface area contributed by atoms with Crippen molar-refractivity contribution in [2.24, 2.45) is 0 Å². The molecule has 5 nitrogen and oxygen atoms in total. The third kappa shape index (κ3) is 3.26. The molecule has 126 valence electrons. The molecule has 2 aromatic rings. The fraction of sp³-hybridized carbons (Fsp3) is 0.526. The summed E-state index contributed by atoms with van der Waals surface area (Å²) in [6.45, 7) is 2.44. The number of hydrogen-bond acceptors (Lipinski definition) is 4. The van der Waals surface area contributed by atoms with Crippen molar-refractivity contribution in [1.82, 2.24) is 19.9 Å². The Hall–Kier alpha value is -2.01. The number of H-pyrrole nitrogens is 1. The van der Waals surface area contributed by atoms with E-state index in [4.69, 9.17) is 4.98 Å². The molecule has 5 heteroatoms. The molecule has 1 aliphatic carbocycles. The van der Waals surface area contributed by atoms with Gasteiger partial charge in [-0.05, 0) is 31.4 Å². The minimum atomic E-state index is 0.0815. The van der Waals surface area contributed by atoms with Gasteiger partial charge in [-0.3, -0.25) is 14.7 Å². The zero-order valence-electron chi connectivity index (χ0n) is 14.0. The molecule has 0 saturated heterocycles. The zero-order chi connectivity index (χ0) is 16.4. The van der Waals surface area contributed by atoms with E-state index in [2.05, 4.69) is 14.9 Å². The molecule has 2 aliphatic rings. The summed E-state index contributed by atoms with van der Waals surface area (Å²) in [6, 6.07) is 6.01. The van der Waals surface area contributed by atoms with Crippen molar-refractivity contribution in [3.63, 3.8) is 0 Å². The molecule has 24 heavy (non-hydrogen) atoms. The van der Waals surface area contributed by atoms with Crippen LogP contribution < -0.4 is 5.56 Å². The molecule has 4 rings (SSSR count). The molecule has 1 fully saturated rings. The number of nitrogens with one attached hydrogen (secondary N) is 1. The highest BCUT2D eigenvalue weighted by molar-refractivity contribution is 5.22. The van der Waals surface area contributed by atoms with Crippen LogP contribution in [0.4, 0.5) is 0 Å². The summed E-state index contributed by atoms with van der Waals surface area (Å²) in [6.07, 6.45) is 8.71. The number of fused-ring (bicyclic) bond motifs is 1. The number of hydrogen-bond donors (Lipinski definition) is 1. The van der Waals surface area contributed by atoms with Gasteiger partial charge in [-0.2, -0.15) is 0 Å². The van der Waals surface area contributed by atoms with Crippen molar-refractivity contribution in [3.05, 3.63) is 57.5 Å². The van der Waals surface area contributed by atoms with Crippen molar-refractivity contribution < 1.29 is 0 Å². The highest BCUT2D eigenvalue weighted by Gasteiger charge is 2.24. The molecular weight excluding hydrogens is 300 g/mol. The summed E-state index contributed by atoms with van der Waals surface area (Å²) in [7, 11) is 0. The lowest BCUT2D eigenvalue weighted by atomic mass is 9.88. The fourth-order valence-electron chi connectivity index (χ4n) is 3.94. The van der Waals surface area contributed by atoms with Crippen LogP contribution in [-0.2, 0) is 19.5 Å². The molecular formula is C19H24N4O. The van der Waals surface area contributed by atoms with Crippen LogP contribution >= 0.6 is 0 Å². The third-order valence-electron chi connectivity index (χ3n) is 5.27. The van der Waals surface area contributed by atoms with E-state index in [-0.39, 0.29) is 5.56 Å². The minimum absolute atomic E-state index is 0.0815. The molecule has 0 radical (unpaired) electrons. The minimum Gasteiger partial charge on any atom is -0.310 e. The quantitative estimate of drug-likeness (QED) is 0.943. The summed E-state index contributed by atoms with van der Waals surface area (Å²) >= 11 is 0. The lowest BCUT2D eigenvalue weighted by molar-refractivity contribution is 0.236. The highest BCUT2D eigenvalue weighted by atomic mass is 16.1. The van der Waals surface area contributed by atoms with Gasteiger partial charge in [0.05, 0.1) is 11.4 Å². The first-order valence-corrected chi connectivity index (χ1v) is 9.04. The van der Waals surface area contributed by atoms with E-state index >= 15 is 0 Å². The van der Waals surface area contributed by atoms with Crippen LogP contribution in [-0.4, -0.2) is 26.4 Å². The van der Waals surface area contributed by atoms with Crippen LogP contribution in [0.2, 0.25) is 0 Å². The van der Waals surface area contributed by atoms with E-state index in [1.54, 1.807) is 0 Å². The van der Waals surface area contributed by atoms with Crippen LogP contribution in [0.15, 0.2) is 29.2 Å². The lowest BCUT2D eigenvalue weighted by Crippen LogP contribution is -2.36. The van der Waals surface area contributed by atoms with Crippen molar-refractivity contribution >= 4 is 0 Å². The Kier molecular flexibility index (Phi) is 4.43. The van der Waals surface area contributed by atoms with Gasteiger partial charge >= 0.3 is 0 Å². The summed E-state index contributed by atoms with van der Waals surface area (Å²) in [4.78, 5) is 27.2. The zero-order valence-corrected chi connectivity index (χ0v) is 14.0. The second-order valence-electron chi connectivity index (χ2n) is 6.99. The predicted molar refractivity (Wildman–Crippen MR) is 92.7 cm³/mol. The lowest BCUT2D eigenvalue weighted by Gasteiger charge is -2.28. The van der Waals surface area contributed by atoms with Gasteiger partial charge in [-0.25, -0.2) is 4.98 Å². The van der Waals surface area contributed by atoms with Crippen molar-refractivity contribution in [3.8, 4) is 0 Å². The molecule has 2 aromatic heterocycles. The fourth-order valence-corrected chi connectivity index (χ4v) is 3.94. The van der Waals surface area contributed by atoms with E-state index < -0.39 is 0 Å². The van der Waals surface area contributed by atoms with Gasteiger partial charge < -0.3 is 4.98 Å². The number of pyridine rings is 1. The normalized spacial score (nSPS) is 19.2. The maximum absolute atomic E-state index is 12.5. The van der Waals surface area contributed by atoms with Gasteiger partial charge in [-0.1, -0.05) is 25.3 Å². The Labute approximate surface area is 142 Å². The monoisotopic (exact) mass is 324 g/mol. The van der Waals surface area contributed by atoms with Gasteiger partial charge in [0.15, 0.2) is 0 Å². The third-order valence-corrected chi connectivity index (χ3v) is 5.27. The van der Waals surface area contributed by atoms with Gasteiger partial charge in [0.2, 0.25) is 0 Å². The van der Waals surface area contributed by atoms with Crippen molar-refractivity contribution in [2.45, 2.75) is 57.5 Å². The topological polar surface area (TPSA) is 61.9 Å². The van der Waals surface area contributed by atoms with Gasteiger partial charge in [0, 0.05) is 37.3 Å². The predicted octanol–water partition coefficient (Wildman–Crippen LogP) is 2.77. The van der Waals surface area contributed by atoms with Crippen LogP contribution in [0, 0.1) is 0 Å². The molecule has 0 spiro atoms. The van der Waals surface area contributed by atoms with Crippen molar-refractivity contribution in [1.29, 1.82) is 0 Å². The standard InChI is InChI=1S/C19H24N4O/c24-19-16-9-11-23(12-15-8-4-5-10-20-15)13-17(16)21-18(22-19)14-6-2-1-3-7-14/h4-5,8,10,14H,1-3,6-7,9,11-13H2,(H,21,22,24). The average Bonchev–Trinajstić information content (AvgIpc) is 2.63. The van der Waals surface area contributed by atoms with E-state index in [1.165, 1.54) is 19.3 Å². The van der Waals surface area contributed by atoms with Crippen LogP contribution in [0.25, 0.3) is 0 Å². The molecule has 1 saturated carbocycles. The molecule has 1 aliphatic heterocycles. The first-order valence-electron chi connectivity index (χ1n) is 9.04. The Morgan fingerprint density at radius 1 is 1.21 bits per heavy atom. The van der Waals surface area contributed by atoms with Gasteiger partial charge in [0.1, 0.15) is 5.82 Å². The molecule has 0 unspecified atom stereocenters. The van der Waals surface area contributed by atoms with Crippen molar-refractivity contribution in [2.75, 3.05) is 6.54 Å². The van der Waals surface area contributed by atoms with E-state index in [0.717, 1.165) is 61.7 Å². The number of nitrogens with zero attached hydrogens (tertiary/aromatic N) is 3. The van der Waals surface area contributed by atoms with Gasteiger partial charge in [-0.15, -0.1) is 0 Å². The number of aromatic nitrogens is 3. The van der Waals surface area contributed by atoms with E-state index in [0.29, 0.717) is 5.92 Å². The molecule has 0 amide bonds. The Bertz CT molecular complexity index is 750. The van der Waals surface area contributed by atoms with E-state index in [1.807, 2.05) is 24.4 Å². The second kappa shape index (κ2) is 6.85. The smallest absolute Gasteiger partial charge is 0.254 e. The Morgan fingerprint density at radius 3 is 2.88 bits per heavy atom. The molecule has 0 atom stereocenters. The first kappa shape index (κ1) is 15.5. The highest BCUT2D eigenvalue weighted by Crippen LogP contribution is 2.30. The largest absolute Gasteiger partial charge is 0.310 e. The maximum Gasteiger partial charge on any atom is 0.254 e. The average molecular weight is 324 g/mol. The SMILES string of the molecule is O=c1[nH]c(C2CCCCC2)nc2c1CCN(Cc1ccccn1)C2. The molecule has 3 heterocycles. The number of aromatic amines is 1. The first-order chi connectivity index (χ1) is 11.8. The Morgan fingerprint density at radius 2 is 2.08 bits per heavy atom. The van der Waals surface area contributed by atoms with Crippen LogP contribution in [0.5, 0.6) is 0 Å². The molecule has 0 bridgehead atoms. The summed E-state index contributed by atoms with van der Waals surface area (Å²) < 4.78 is 0. The Balaban J connectivity index is 1.55. The molecule has 0 aromatic carbocycles. The molecule has 1 N–H and O–H groups in total. The maximum atomic E-state index is 12.5. The second-order valence-corrected chi connectivity index (χ2v) is 6.99. The number of rotatable bonds is 3. The van der Waals surface area contributed by atoms with Gasteiger partial charge in [0.25, 0.3) is 5.56 Å². The summed E-state index contributed by atoms with van der Waals surface area (Å²) in [5.41, 5.74) is 3.00. The van der Waals surface area contributed by atoms with Crippen LogP contribution in [0.3, 0.4) is 0 Å². The van der Waals surface area contributed by atoms with E-state index in [9.17, 15) is 4.79 Å².